The predicted molar refractivity (Wildman–Crippen MR) is 87.0 cm³/mol. The third-order valence-electron chi connectivity index (χ3n) is 3.43. The summed E-state index contributed by atoms with van der Waals surface area (Å²) in [5.41, 5.74) is -2.33. The van der Waals surface area contributed by atoms with E-state index in [1.165, 1.54) is 6.92 Å². The number of sulfone groups is 1. The van der Waals surface area contributed by atoms with Crippen LogP contribution in [0.1, 0.15) is 23.1 Å². The number of carbonyl (C=O) groups excluding carboxylic acids is 1. The zero-order chi connectivity index (χ0) is 19.9. The second-order valence-electron chi connectivity index (χ2n) is 5.17. The molecule has 1 heterocycles. The van der Waals surface area contributed by atoms with Crippen LogP contribution in [0.4, 0.5) is 18.9 Å². The van der Waals surface area contributed by atoms with Crippen molar-refractivity contribution < 1.29 is 31.5 Å². The van der Waals surface area contributed by atoms with Crippen LogP contribution in [0.5, 0.6) is 5.75 Å². The average Bonchev–Trinajstić information content (AvgIpc) is 2.83. The van der Waals surface area contributed by atoms with Gasteiger partial charge in [0.15, 0.2) is 21.2 Å². The first-order valence-corrected chi connectivity index (χ1v) is 9.08. The van der Waals surface area contributed by atoms with Crippen LogP contribution in [-0.4, -0.2) is 35.0 Å². The number of phenolic OH excluding ortho intramolecular Hbond substituents is 1. The summed E-state index contributed by atoms with van der Waals surface area (Å²) >= 11 is 5.62. The molecule has 12 heteroatoms. The number of hydrogen-bond donors (Lipinski definition) is 2. The predicted octanol–water partition coefficient (Wildman–Crippen LogP) is 2.84. The largest absolute Gasteiger partial charge is 0.506 e. The van der Waals surface area contributed by atoms with Crippen LogP contribution in [0.15, 0.2) is 23.1 Å². The Labute approximate surface area is 151 Å². The lowest BCUT2D eigenvalue weighted by atomic mass is 10.2. The number of halogens is 4. The van der Waals surface area contributed by atoms with Crippen LogP contribution in [-0.2, 0) is 23.1 Å². The third kappa shape index (κ3) is 3.78. The van der Waals surface area contributed by atoms with Crippen molar-refractivity contribution in [3.05, 3.63) is 34.6 Å². The molecule has 0 bridgehead atoms. The summed E-state index contributed by atoms with van der Waals surface area (Å²) in [4.78, 5) is 12.0. The van der Waals surface area contributed by atoms with E-state index in [9.17, 15) is 31.5 Å². The maximum Gasteiger partial charge on any atom is 0.434 e. The SMILES string of the molecule is CCS(=O)(=O)c1ccc(O)c(NC(=O)c2nn(C)c(C(F)(F)F)c2Cl)c1. The second kappa shape index (κ2) is 6.80. The molecular formula is C14H13ClF3N3O4S. The fourth-order valence-corrected chi connectivity index (χ4v) is 3.37. The maximum absolute atomic E-state index is 12.9. The molecule has 2 aromatic rings. The Morgan fingerprint density at radius 1 is 1.38 bits per heavy atom. The highest BCUT2D eigenvalue weighted by Gasteiger charge is 2.40. The van der Waals surface area contributed by atoms with Crippen LogP contribution in [0, 0.1) is 0 Å². The van der Waals surface area contributed by atoms with Gasteiger partial charge in [-0.2, -0.15) is 18.3 Å². The first-order valence-electron chi connectivity index (χ1n) is 7.05. The van der Waals surface area contributed by atoms with E-state index in [0.717, 1.165) is 25.2 Å². The maximum atomic E-state index is 12.9. The van der Waals surface area contributed by atoms with Gasteiger partial charge in [-0.1, -0.05) is 18.5 Å². The number of benzene rings is 1. The van der Waals surface area contributed by atoms with E-state index < -0.39 is 44.1 Å². The molecule has 0 saturated carbocycles. The minimum absolute atomic E-state index is 0.170. The van der Waals surface area contributed by atoms with Gasteiger partial charge in [0.2, 0.25) is 0 Å². The van der Waals surface area contributed by atoms with Crippen LogP contribution in [0.25, 0.3) is 0 Å². The van der Waals surface area contributed by atoms with Crippen LogP contribution < -0.4 is 5.32 Å². The number of amides is 1. The molecule has 1 aromatic heterocycles. The minimum Gasteiger partial charge on any atom is -0.506 e. The van der Waals surface area contributed by atoms with E-state index in [1.54, 1.807) is 0 Å². The number of nitrogens with one attached hydrogen (secondary N) is 1. The van der Waals surface area contributed by atoms with Crippen molar-refractivity contribution in [1.82, 2.24) is 9.78 Å². The van der Waals surface area contributed by atoms with E-state index in [0.29, 0.717) is 4.68 Å². The number of aromatic hydroxyl groups is 1. The molecule has 0 aliphatic heterocycles. The molecule has 142 valence electrons. The van der Waals surface area contributed by atoms with Gasteiger partial charge < -0.3 is 10.4 Å². The highest BCUT2D eigenvalue weighted by atomic mass is 35.5. The first-order chi connectivity index (χ1) is 11.9. The Bertz CT molecular complexity index is 971. The van der Waals surface area contributed by atoms with Crippen molar-refractivity contribution in [3.8, 4) is 5.75 Å². The standard InChI is InChI=1S/C14H13ClF3N3O4S/c1-3-26(24,25)7-4-5-9(22)8(6-7)19-13(23)11-10(15)12(14(16,17)18)21(2)20-11/h4-6,22H,3H2,1-2H3,(H,19,23). The van der Waals surface area contributed by atoms with Crippen molar-refractivity contribution in [1.29, 1.82) is 0 Å². The summed E-state index contributed by atoms with van der Waals surface area (Å²) in [6.45, 7) is 1.41. The van der Waals surface area contributed by atoms with Gasteiger partial charge in [-0.3, -0.25) is 9.48 Å². The number of phenols is 1. The van der Waals surface area contributed by atoms with E-state index in [4.69, 9.17) is 11.6 Å². The zero-order valence-corrected chi connectivity index (χ0v) is 15.0. The smallest absolute Gasteiger partial charge is 0.434 e. The number of hydrogen-bond acceptors (Lipinski definition) is 5. The Hall–Kier alpha value is -2.27. The summed E-state index contributed by atoms with van der Waals surface area (Å²) in [5.74, 6) is -1.83. The number of carbonyl (C=O) groups is 1. The van der Waals surface area contributed by atoms with Crippen LogP contribution >= 0.6 is 11.6 Å². The van der Waals surface area contributed by atoms with E-state index in [-0.39, 0.29) is 16.3 Å². The van der Waals surface area contributed by atoms with Gasteiger partial charge in [0.05, 0.1) is 16.3 Å². The van der Waals surface area contributed by atoms with Gasteiger partial charge in [-0.25, -0.2) is 8.42 Å². The summed E-state index contributed by atoms with van der Waals surface area (Å²) in [7, 11) is -2.66. The highest BCUT2D eigenvalue weighted by Crippen LogP contribution is 2.36. The van der Waals surface area contributed by atoms with Crippen LogP contribution in [0.3, 0.4) is 0 Å². The zero-order valence-electron chi connectivity index (χ0n) is 13.4. The topological polar surface area (TPSA) is 101 Å². The molecule has 0 unspecified atom stereocenters. The molecule has 26 heavy (non-hydrogen) atoms. The van der Waals surface area contributed by atoms with Gasteiger partial charge in [0.1, 0.15) is 10.8 Å². The molecule has 0 atom stereocenters. The monoisotopic (exact) mass is 411 g/mol. The fraction of sp³-hybridized carbons (Fsp3) is 0.286. The van der Waals surface area contributed by atoms with Crippen molar-refractivity contribution >= 4 is 33.0 Å². The molecule has 7 nitrogen and oxygen atoms in total. The van der Waals surface area contributed by atoms with Crippen LogP contribution in [0.2, 0.25) is 5.02 Å². The molecule has 1 amide bonds. The van der Waals surface area contributed by atoms with Crippen molar-refractivity contribution in [2.45, 2.75) is 18.0 Å². The van der Waals surface area contributed by atoms with Crippen molar-refractivity contribution in [2.24, 2.45) is 7.05 Å². The molecule has 0 aliphatic rings. The first kappa shape index (κ1) is 20.0. The van der Waals surface area contributed by atoms with Gasteiger partial charge in [-0.05, 0) is 18.2 Å². The second-order valence-corrected chi connectivity index (χ2v) is 7.83. The number of aromatic nitrogens is 2. The molecule has 1 aromatic carbocycles. The number of rotatable bonds is 4. The van der Waals surface area contributed by atoms with Gasteiger partial charge >= 0.3 is 6.18 Å². The minimum atomic E-state index is -4.82. The van der Waals surface area contributed by atoms with E-state index >= 15 is 0 Å². The molecule has 2 N–H and O–H groups in total. The lowest BCUT2D eigenvalue weighted by Crippen LogP contribution is -2.14. The van der Waals surface area contributed by atoms with E-state index in [1.807, 2.05) is 0 Å². The number of alkyl halides is 3. The Morgan fingerprint density at radius 2 is 2.00 bits per heavy atom. The van der Waals surface area contributed by atoms with Crippen molar-refractivity contribution in [2.75, 3.05) is 11.1 Å². The summed E-state index contributed by atoms with van der Waals surface area (Å²) in [6.07, 6.45) is -4.82. The van der Waals surface area contributed by atoms with Gasteiger partial charge in [0.25, 0.3) is 5.91 Å². The molecule has 0 spiro atoms. The van der Waals surface area contributed by atoms with E-state index in [2.05, 4.69) is 10.4 Å². The highest BCUT2D eigenvalue weighted by molar-refractivity contribution is 7.91. The summed E-state index contributed by atoms with van der Waals surface area (Å²) < 4.78 is 62.9. The Morgan fingerprint density at radius 3 is 2.50 bits per heavy atom. The molecule has 2 rings (SSSR count). The number of nitrogens with zero attached hydrogens (tertiary/aromatic N) is 2. The van der Waals surface area contributed by atoms with Gasteiger partial charge in [-0.15, -0.1) is 0 Å². The fourth-order valence-electron chi connectivity index (χ4n) is 2.11. The Kier molecular flexibility index (Phi) is 5.24. The normalized spacial score (nSPS) is 12.2. The summed E-state index contributed by atoms with van der Waals surface area (Å²) in [6, 6.07) is 3.17. The third-order valence-corrected chi connectivity index (χ3v) is 5.52. The Balaban J connectivity index is 2.42. The molecule has 0 saturated heterocycles. The summed E-state index contributed by atoms with van der Waals surface area (Å²) in [5, 5.41) is 14.4. The molecule has 0 aliphatic carbocycles. The molecular weight excluding hydrogens is 399 g/mol. The lowest BCUT2D eigenvalue weighted by molar-refractivity contribution is -0.143. The lowest BCUT2D eigenvalue weighted by Gasteiger charge is -2.09. The van der Waals surface area contributed by atoms with Gasteiger partial charge in [0, 0.05) is 7.05 Å². The molecule has 0 radical (unpaired) electrons. The average molecular weight is 412 g/mol. The molecule has 0 fully saturated rings. The van der Waals surface area contributed by atoms with Crippen molar-refractivity contribution in [3.63, 3.8) is 0 Å². The number of aryl methyl sites for hydroxylation is 1. The quantitative estimate of drug-likeness (QED) is 0.753. The number of anilines is 1.